The van der Waals surface area contributed by atoms with Gasteiger partial charge in [0.15, 0.2) is 6.10 Å². The van der Waals surface area contributed by atoms with E-state index in [1.807, 2.05) is 42.5 Å². The third-order valence-corrected chi connectivity index (χ3v) is 5.60. The molecule has 0 aromatic heterocycles. The number of nitrogens with one attached hydrogen (secondary N) is 1. The Morgan fingerprint density at radius 2 is 1.71 bits per heavy atom. The van der Waals surface area contributed by atoms with Gasteiger partial charge < -0.3 is 10.1 Å². The summed E-state index contributed by atoms with van der Waals surface area (Å²) in [6.45, 7) is 1.67. The lowest BCUT2D eigenvalue weighted by Crippen LogP contribution is -2.30. The number of carbonyl (C=O) groups excluding carboxylic acids is 1. The Bertz CT molecular complexity index is 1110. The van der Waals surface area contributed by atoms with Gasteiger partial charge in [-0.05, 0) is 36.6 Å². The molecule has 0 spiro atoms. The third kappa shape index (κ3) is 4.43. The second-order valence-corrected chi connectivity index (χ2v) is 8.52. The maximum atomic E-state index is 12.6. The number of benzene rings is 3. The number of ether oxygens (including phenoxy) is 1. The maximum Gasteiger partial charge on any atom is 0.265 e. The van der Waals surface area contributed by atoms with Gasteiger partial charge in [-0.25, -0.2) is 8.42 Å². The molecule has 0 aliphatic carbocycles. The Morgan fingerprint density at radius 3 is 2.46 bits per heavy atom. The minimum Gasteiger partial charge on any atom is -0.480 e. The first kappa shape index (κ1) is 19.7. The van der Waals surface area contributed by atoms with Crippen LogP contribution in [0.3, 0.4) is 0 Å². The zero-order valence-electron chi connectivity index (χ0n) is 15.9. The fraction of sp³-hybridized carbons (Fsp3) is 0.190. The summed E-state index contributed by atoms with van der Waals surface area (Å²) in [6.07, 6.45) is 0.389. The summed E-state index contributed by atoms with van der Waals surface area (Å²) in [6, 6.07) is 20.1. The molecule has 146 valence electrons. The van der Waals surface area contributed by atoms with Crippen molar-refractivity contribution in [2.75, 3.05) is 22.9 Å². The maximum absolute atomic E-state index is 12.6. The van der Waals surface area contributed by atoms with Crippen LogP contribution < -0.4 is 14.4 Å². The number of rotatable bonds is 6. The minimum absolute atomic E-state index is 0.327. The van der Waals surface area contributed by atoms with E-state index < -0.39 is 16.1 Å². The molecule has 3 aromatic carbocycles. The molecule has 7 heteroatoms. The van der Waals surface area contributed by atoms with Crippen molar-refractivity contribution >= 4 is 38.1 Å². The van der Waals surface area contributed by atoms with E-state index in [0.717, 1.165) is 21.3 Å². The Kier molecular flexibility index (Phi) is 5.56. The monoisotopic (exact) mass is 398 g/mol. The lowest BCUT2D eigenvalue weighted by molar-refractivity contribution is -0.122. The Hall–Kier alpha value is -3.06. The molecule has 0 saturated carbocycles. The number of sulfonamides is 1. The second-order valence-electron chi connectivity index (χ2n) is 6.51. The van der Waals surface area contributed by atoms with Crippen molar-refractivity contribution in [1.82, 2.24) is 0 Å². The molecule has 0 aliphatic heterocycles. The van der Waals surface area contributed by atoms with Crippen molar-refractivity contribution in [3.8, 4) is 5.75 Å². The largest absolute Gasteiger partial charge is 0.480 e. The Morgan fingerprint density at radius 1 is 1.04 bits per heavy atom. The summed E-state index contributed by atoms with van der Waals surface area (Å²) in [4.78, 5) is 12.6. The quantitative estimate of drug-likeness (QED) is 0.688. The number of fused-ring (bicyclic) bond motifs is 1. The average molecular weight is 398 g/mol. The number of anilines is 2. The first-order valence-electron chi connectivity index (χ1n) is 8.75. The van der Waals surface area contributed by atoms with Gasteiger partial charge in [-0.3, -0.25) is 9.10 Å². The van der Waals surface area contributed by atoms with Gasteiger partial charge in [-0.1, -0.05) is 42.5 Å². The van der Waals surface area contributed by atoms with Crippen LogP contribution in [0.15, 0.2) is 66.7 Å². The molecule has 3 rings (SSSR count). The number of hydrogen-bond donors (Lipinski definition) is 1. The lowest BCUT2D eigenvalue weighted by atomic mass is 10.1. The molecule has 0 fully saturated rings. The van der Waals surface area contributed by atoms with Crippen LogP contribution in [0.1, 0.15) is 6.92 Å². The molecule has 1 N–H and O–H groups in total. The van der Waals surface area contributed by atoms with Gasteiger partial charge in [0.05, 0.1) is 11.9 Å². The first-order valence-corrected chi connectivity index (χ1v) is 10.6. The normalized spacial score (nSPS) is 12.4. The fourth-order valence-corrected chi connectivity index (χ4v) is 3.25. The standard InChI is InChI=1S/C21H22N2O4S/c1-15(27-20-13-6-9-16-8-4-5-12-19(16)20)21(24)22-17-10-7-11-18(14-17)23(2)28(3,25)26/h4-15H,1-3H3,(H,22,24)/t15-/m1/s1. The number of amides is 1. The summed E-state index contributed by atoms with van der Waals surface area (Å²) in [7, 11) is -1.92. The van der Waals surface area contributed by atoms with E-state index in [1.165, 1.54) is 7.05 Å². The van der Waals surface area contributed by atoms with E-state index in [4.69, 9.17) is 4.74 Å². The smallest absolute Gasteiger partial charge is 0.265 e. The van der Waals surface area contributed by atoms with Crippen molar-refractivity contribution in [2.45, 2.75) is 13.0 Å². The van der Waals surface area contributed by atoms with Crippen LogP contribution in [0.5, 0.6) is 5.75 Å². The number of carbonyl (C=O) groups is 1. The van der Waals surface area contributed by atoms with Crippen LogP contribution in [-0.2, 0) is 14.8 Å². The van der Waals surface area contributed by atoms with Gasteiger partial charge in [0.25, 0.3) is 5.91 Å². The highest BCUT2D eigenvalue weighted by molar-refractivity contribution is 7.92. The fourth-order valence-electron chi connectivity index (χ4n) is 2.76. The van der Waals surface area contributed by atoms with E-state index >= 15 is 0 Å². The molecule has 0 radical (unpaired) electrons. The van der Waals surface area contributed by atoms with Crippen LogP contribution in [0, 0.1) is 0 Å². The van der Waals surface area contributed by atoms with E-state index in [1.54, 1.807) is 31.2 Å². The second kappa shape index (κ2) is 7.90. The van der Waals surface area contributed by atoms with Gasteiger partial charge in [0, 0.05) is 18.1 Å². The molecule has 3 aromatic rings. The van der Waals surface area contributed by atoms with Crippen molar-refractivity contribution in [2.24, 2.45) is 0 Å². The summed E-state index contributed by atoms with van der Waals surface area (Å²) in [5, 5.41) is 4.73. The van der Waals surface area contributed by atoms with Crippen LogP contribution >= 0.6 is 0 Å². The van der Waals surface area contributed by atoms with Gasteiger partial charge in [-0.15, -0.1) is 0 Å². The van der Waals surface area contributed by atoms with Gasteiger partial charge >= 0.3 is 0 Å². The molecular formula is C21H22N2O4S. The molecule has 0 saturated heterocycles. The van der Waals surface area contributed by atoms with Gasteiger partial charge in [0.2, 0.25) is 10.0 Å². The summed E-state index contributed by atoms with van der Waals surface area (Å²) in [5.74, 6) is 0.304. The first-order chi connectivity index (χ1) is 13.3. The summed E-state index contributed by atoms with van der Waals surface area (Å²) >= 11 is 0. The summed E-state index contributed by atoms with van der Waals surface area (Å²) < 4.78 is 30.4. The zero-order valence-corrected chi connectivity index (χ0v) is 16.7. The highest BCUT2D eigenvalue weighted by Crippen LogP contribution is 2.26. The number of hydrogen-bond acceptors (Lipinski definition) is 4. The van der Waals surface area contributed by atoms with E-state index in [-0.39, 0.29) is 5.91 Å². The SMILES string of the molecule is C[C@@H](Oc1cccc2ccccc12)C(=O)Nc1cccc(N(C)S(C)(=O)=O)c1. The molecule has 0 unspecified atom stereocenters. The van der Waals surface area contributed by atoms with Crippen LogP contribution in [0.4, 0.5) is 11.4 Å². The van der Waals surface area contributed by atoms with Gasteiger partial charge in [0.1, 0.15) is 5.75 Å². The van der Waals surface area contributed by atoms with E-state index in [9.17, 15) is 13.2 Å². The molecule has 28 heavy (non-hydrogen) atoms. The van der Waals surface area contributed by atoms with Crippen LogP contribution in [0.25, 0.3) is 10.8 Å². The highest BCUT2D eigenvalue weighted by atomic mass is 32.2. The topological polar surface area (TPSA) is 75.7 Å². The highest BCUT2D eigenvalue weighted by Gasteiger charge is 2.17. The molecule has 1 amide bonds. The van der Waals surface area contributed by atoms with Crippen molar-refractivity contribution < 1.29 is 17.9 Å². The third-order valence-electron chi connectivity index (χ3n) is 4.40. The molecular weight excluding hydrogens is 376 g/mol. The van der Waals surface area contributed by atoms with E-state index in [0.29, 0.717) is 17.1 Å². The molecule has 1 atom stereocenters. The Labute approximate surface area is 164 Å². The molecule has 0 bridgehead atoms. The predicted molar refractivity (Wildman–Crippen MR) is 112 cm³/mol. The lowest BCUT2D eigenvalue weighted by Gasteiger charge is -2.19. The van der Waals surface area contributed by atoms with Crippen molar-refractivity contribution in [1.29, 1.82) is 0 Å². The molecule has 0 aliphatic rings. The average Bonchev–Trinajstić information content (AvgIpc) is 2.67. The van der Waals surface area contributed by atoms with Crippen molar-refractivity contribution in [3.05, 3.63) is 66.7 Å². The molecule has 0 heterocycles. The van der Waals surface area contributed by atoms with Crippen LogP contribution in [0.2, 0.25) is 0 Å². The number of nitrogens with zero attached hydrogens (tertiary/aromatic N) is 1. The minimum atomic E-state index is -3.38. The van der Waals surface area contributed by atoms with E-state index in [2.05, 4.69) is 5.32 Å². The van der Waals surface area contributed by atoms with Crippen LogP contribution in [-0.4, -0.2) is 33.7 Å². The Balaban J connectivity index is 1.74. The van der Waals surface area contributed by atoms with Crippen molar-refractivity contribution in [3.63, 3.8) is 0 Å². The van der Waals surface area contributed by atoms with Gasteiger partial charge in [-0.2, -0.15) is 0 Å². The summed E-state index contributed by atoms with van der Waals surface area (Å²) in [5.41, 5.74) is 0.953. The zero-order chi connectivity index (χ0) is 20.3. The predicted octanol–water partition coefficient (Wildman–Crippen LogP) is 3.64. The molecule has 6 nitrogen and oxygen atoms in total.